The van der Waals surface area contributed by atoms with Gasteiger partial charge < -0.3 is 25.2 Å². The molecule has 7 nitrogen and oxygen atoms in total. The highest BCUT2D eigenvalue weighted by molar-refractivity contribution is 7.20. The number of aliphatic hydroxyl groups is 1. The zero-order valence-electron chi connectivity index (χ0n) is 15.2. The van der Waals surface area contributed by atoms with Gasteiger partial charge in [-0.2, -0.15) is 5.26 Å². The Hall–Kier alpha value is -2.76. The lowest BCUT2D eigenvalue weighted by molar-refractivity contribution is 0.0603. The summed E-state index contributed by atoms with van der Waals surface area (Å²) in [6.07, 6.45) is 0.853. The summed E-state index contributed by atoms with van der Waals surface area (Å²) in [5.74, 6) is 0.162. The summed E-state index contributed by atoms with van der Waals surface area (Å²) in [6.45, 7) is 1.51. The molecule has 1 fully saturated rings. The van der Waals surface area contributed by atoms with Gasteiger partial charge in [0.05, 0.1) is 30.3 Å². The number of thiophene rings is 1. The quantitative estimate of drug-likeness (QED) is 0.759. The molecule has 1 aromatic carbocycles. The number of carbonyl (C=O) groups excluding carboxylic acids is 1. The number of nitrogens with two attached hydrogens (primary N) is 1. The van der Waals surface area contributed by atoms with Crippen molar-refractivity contribution < 1.29 is 19.4 Å². The van der Waals surface area contributed by atoms with Gasteiger partial charge in [-0.1, -0.05) is 0 Å². The number of nitrogen functional groups attached to an aromatic ring is 1. The number of nitrogens with zero attached hydrogens (tertiary/aromatic N) is 2. The van der Waals surface area contributed by atoms with Crippen molar-refractivity contribution in [3.8, 4) is 22.3 Å². The van der Waals surface area contributed by atoms with Gasteiger partial charge in [-0.05, 0) is 30.2 Å². The molecule has 1 aliphatic heterocycles. The lowest BCUT2D eigenvalue weighted by Crippen LogP contribution is -2.22. The molecule has 8 heteroatoms. The molecule has 142 valence electrons. The Kier molecular flexibility index (Phi) is 5.54. The molecule has 0 bridgehead atoms. The van der Waals surface area contributed by atoms with E-state index in [-0.39, 0.29) is 12.5 Å². The number of ether oxygens (including phenoxy) is 2. The van der Waals surface area contributed by atoms with Crippen LogP contribution < -0.4 is 15.4 Å². The third-order valence-electron chi connectivity index (χ3n) is 4.73. The summed E-state index contributed by atoms with van der Waals surface area (Å²) in [7, 11) is 2.83. The second-order valence-electron chi connectivity index (χ2n) is 6.33. The monoisotopic (exact) mass is 387 g/mol. The molecule has 27 heavy (non-hydrogen) atoms. The summed E-state index contributed by atoms with van der Waals surface area (Å²) in [5, 5.41) is 19.5. The average molecular weight is 387 g/mol. The van der Waals surface area contributed by atoms with Crippen LogP contribution in [-0.2, 0) is 4.74 Å². The van der Waals surface area contributed by atoms with Crippen molar-refractivity contribution in [2.24, 2.45) is 5.92 Å². The number of rotatable bonds is 5. The standard InChI is InChI=1S/C19H21N3O4S/c1-25-14-4-3-12(7-13(14)8-20)17-16(21)15(19(24)26-2)18(27-17)22-6-5-11(9-22)10-23/h3-4,7,11,23H,5-6,9-10,21H2,1-2H3. The lowest BCUT2D eigenvalue weighted by atomic mass is 10.1. The Bertz CT molecular complexity index is 903. The number of aliphatic hydroxyl groups excluding tert-OH is 1. The van der Waals surface area contributed by atoms with Crippen LogP contribution in [0.15, 0.2) is 18.2 Å². The van der Waals surface area contributed by atoms with Gasteiger partial charge in [-0.15, -0.1) is 11.3 Å². The topological polar surface area (TPSA) is 109 Å². The van der Waals surface area contributed by atoms with Crippen LogP contribution in [0.3, 0.4) is 0 Å². The van der Waals surface area contributed by atoms with Gasteiger partial charge in [0.15, 0.2) is 0 Å². The van der Waals surface area contributed by atoms with Crippen molar-refractivity contribution in [1.29, 1.82) is 5.26 Å². The minimum atomic E-state index is -0.494. The van der Waals surface area contributed by atoms with Crippen LogP contribution >= 0.6 is 11.3 Å². The first-order chi connectivity index (χ1) is 13.0. The molecule has 0 spiro atoms. The molecule has 0 radical (unpaired) electrons. The van der Waals surface area contributed by atoms with Crippen molar-refractivity contribution >= 4 is 28.0 Å². The van der Waals surface area contributed by atoms with Crippen molar-refractivity contribution in [3.05, 3.63) is 29.3 Å². The molecule has 1 atom stereocenters. The van der Waals surface area contributed by atoms with Crippen LogP contribution in [0, 0.1) is 17.2 Å². The number of hydrogen-bond donors (Lipinski definition) is 2. The van der Waals surface area contributed by atoms with Crippen molar-refractivity contribution in [3.63, 3.8) is 0 Å². The van der Waals surface area contributed by atoms with Gasteiger partial charge in [0, 0.05) is 25.6 Å². The number of methoxy groups -OCH3 is 2. The fourth-order valence-corrected chi connectivity index (χ4v) is 4.51. The Morgan fingerprint density at radius 2 is 2.26 bits per heavy atom. The Balaban J connectivity index is 2.10. The first-order valence-corrected chi connectivity index (χ1v) is 9.30. The van der Waals surface area contributed by atoms with E-state index in [9.17, 15) is 15.2 Å². The normalized spacial score (nSPS) is 16.2. The van der Waals surface area contributed by atoms with E-state index in [1.54, 1.807) is 12.1 Å². The Morgan fingerprint density at radius 3 is 2.85 bits per heavy atom. The van der Waals surface area contributed by atoms with E-state index < -0.39 is 5.97 Å². The number of esters is 1. The van der Waals surface area contributed by atoms with E-state index >= 15 is 0 Å². The molecule has 1 aliphatic rings. The van der Waals surface area contributed by atoms with Gasteiger partial charge >= 0.3 is 5.97 Å². The molecular formula is C19H21N3O4S. The van der Waals surface area contributed by atoms with Crippen molar-refractivity contribution in [2.45, 2.75) is 6.42 Å². The fourth-order valence-electron chi connectivity index (χ4n) is 3.27. The highest BCUT2D eigenvalue weighted by Gasteiger charge is 2.31. The first kappa shape index (κ1) is 19.0. The number of carbonyl (C=O) groups is 1. The molecular weight excluding hydrogens is 366 g/mol. The minimum absolute atomic E-state index is 0.113. The summed E-state index contributed by atoms with van der Waals surface area (Å²) in [6, 6.07) is 7.33. The van der Waals surface area contributed by atoms with Gasteiger partial charge in [-0.25, -0.2) is 4.79 Å². The Morgan fingerprint density at radius 1 is 1.48 bits per heavy atom. The van der Waals surface area contributed by atoms with Gasteiger partial charge in [-0.3, -0.25) is 0 Å². The zero-order chi connectivity index (χ0) is 19.6. The van der Waals surface area contributed by atoms with Gasteiger partial charge in [0.1, 0.15) is 22.4 Å². The van der Waals surface area contributed by atoms with Crippen LogP contribution in [0.1, 0.15) is 22.3 Å². The number of nitriles is 1. The summed E-state index contributed by atoms with van der Waals surface area (Å²) in [4.78, 5) is 15.2. The third-order valence-corrected chi connectivity index (χ3v) is 6.04. The Labute approximate surface area is 161 Å². The van der Waals surface area contributed by atoms with E-state index in [1.807, 2.05) is 6.07 Å². The van der Waals surface area contributed by atoms with Gasteiger partial charge in [0.2, 0.25) is 0 Å². The smallest absolute Gasteiger partial charge is 0.343 e. The second kappa shape index (κ2) is 7.86. The van der Waals surface area contributed by atoms with Crippen LogP contribution in [0.25, 0.3) is 10.4 Å². The second-order valence-corrected chi connectivity index (χ2v) is 7.33. The van der Waals surface area contributed by atoms with Crippen molar-refractivity contribution in [1.82, 2.24) is 0 Å². The maximum absolute atomic E-state index is 12.4. The van der Waals surface area contributed by atoms with Crippen LogP contribution in [-0.4, -0.2) is 45.0 Å². The predicted octanol–water partition coefficient (Wildman–Crippen LogP) is 2.48. The molecule has 3 N–H and O–H groups in total. The van der Waals surface area contributed by atoms with Crippen LogP contribution in [0.4, 0.5) is 10.7 Å². The molecule has 2 aromatic rings. The first-order valence-electron chi connectivity index (χ1n) is 8.48. The maximum atomic E-state index is 12.4. The molecule has 2 heterocycles. The maximum Gasteiger partial charge on any atom is 0.343 e. The third kappa shape index (κ3) is 3.44. The van der Waals surface area contributed by atoms with E-state index in [0.717, 1.165) is 23.5 Å². The predicted molar refractivity (Wildman–Crippen MR) is 104 cm³/mol. The van der Waals surface area contributed by atoms with E-state index in [0.29, 0.717) is 34.0 Å². The summed E-state index contributed by atoms with van der Waals surface area (Å²) in [5.41, 5.74) is 8.14. The molecule has 1 aromatic heterocycles. The van der Waals surface area contributed by atoms with E-state index in [2.05, 4.69) is 11.0 Å². The lowest BCUT2D eigenvalue weighted by Gasteiger charge is -2.17. The summed E-state index contributed by atoms with van der Waals surface area (Å²) >= 11 is 1.39. The number of hydrogen-bond acceptors (Lipinski definition) is 8. The van der Waals surface area contributed by atoms with Gasteiger partial charge in [0.25, 0.3) is 0 Å². The molecule has 3 rings (SSSR count). The van der Waals surface area contributed by atoms with E-state index in [1.165, 1.54) is 25.6 Å². The largest absolute Gasteiger partial charge is 0.495 e. The molecule has 0 saturated carbocycles. The molecule has 1 unspecified atom stereocenters. The zero-order valence-corrected chi connectivity index (χ0v) is 16.0. The summed E-state index contributed by atoms with van der Waals surface area (Å²) < 4.78 is 10.1. The SMILES string of the molecule is COC(=O)c1c(N2CCC(CO)C2)sc(-c2ccc(OC)c(C#N)c2)c1N. The van der Waals surface area contributed by atoms with Crippen molar-refractivity contribution in [2.75, 3.05) is 44.5 Å². The minimum Gasteiger partial charge on any atom is -0.495 e. The highest BCUT2D eigenvalue weighted by Crippen LogP contribution is 2.46. The number of anilines is 2. The highest BCUT2D eigenvalue weighted by atomic mass is 32.1. The van der Waals surface area contributed by atoms with Crippen LogP contribution in [0.2, 0.25) is 0 Å². The van der Waals surface area contributed by atoms with E-state index in [4.69, 9.17) is 15.2 Å². The molecule has 0 aliphatic carbocycles. The number of benzene rings is 1. The molecule has 0 amide bonds. The average Bonchev–Trinajstić information content (AvgIpc) is 3.31. The fraction of sp³-hybridized carbons (Fsp3) is 0.368. The van der Waals surface area contributed by atoms with Crippen LogP contribution in [0.5, 0.6) is 5.75 Å². The molecule has 1 saturated heterocycles.